The molecule has 1 fully saturated rings. The van der Waals surface area contributed by atoms with Crippen molar-refractivity contribution in [1.82, 2.24) is 0 Å². The molecule has 1 saturated heterocycles. The molecule has 6 unspecified atom stereocenters. The maximum Gasteiger partial charge on any atom is 0.208 e. The zero-order valence-corrected chi connectivity index (χ0v) is 11.5. The van der Waals surface area contributed by atoms with Crippen LogP contribution in [0.4, 0.5) is 5.69 Å². The Kier molecular flexibility index (Phi) is 3.76. The van der Waals surface area contributed by atoms with Gasteiger partial charge in [0, 0.05) is 18.4 Å². The van der Waals surface area contributed by atoms with Gasteiger partial charge in [-0.05, 0) is 18.2 Å². The molecule has 1 aromatic carbocycles. The fourth-order valence-corrected chi connectivity index (χ4v) is 3.04. The number of aliphatic hydroxyl groups is 3. The quantitative estimate of drug-likeness (QED) is 0.539. The predicted octanol–water partition coefficient (Wildman–Crippen LogP) is -0.596. The molecule has 0 bridgehead atoms. The summed E-state index contributed by atoms with van der Waals surface area (Å²) in [5.41, 5.74) is 7.04. The van der Waals surface area contributed by atoms with Crippen molar-refractivity contribution in [1.29, 1.82) is 0 Å². The van der Waals surface area contributed by atoms with Crippen LogP contribution in [0.25, 0.3) is 0 Å². The first kappa shape index (κ1) is 14.6. The summed E-state index contributed by atoms with van der Waals surface area (Å²) in [6, 6.07) is 5.13. The number of rotatable bonds is 2. The summed E-state index contributed by atoms with van der Waals surface area (Å²) in [6.07, 6.45) is -4.57. The van der Waals surface area contributed by atoms with Crippen molar-refractivity contribution >= 4 is 5.69 Å². The summed E-state index contributed by atoms with van der Waals surface area (Å²) in [7, 11) is 1.51. The van der Waals surface area contributed by atoms with Gasteiger partial charge < -0.3 is 35.3 Å². The minimum Gasteiger partial charge on any atom is -0.464 e. The molecule has 0 spiro atoms. The van der Waals surface area contributed by atoms with E-state index in [1.807, 2.05) is 0 Å². The summed E-state index contributed by atoms with van der Waals surface area (Å²) >= 11 is 0. The number of nitrogen functional groups attached to an aromatic ring is 1. The summed E-state index contributed by atoms with van der Waals surface area (Å²) in [5, 5.41) is 29.6. The van der Waals surface area contributed by atoms with E-state index in [0.717, 1.165) is 0 Å². The second-order valence-corrected chi connectivity index (χ2v) is 5.36. The van der Waals surface area contributed by atoms with Crippen molar-refractivity contribution in [3.05, 3.63) is 23.8 Å². The van der Waals surface area contributed by atoms with Gasteiger partial charge >= 0.3 is 0 Å². The van der Waals surface area contributed by atoms with Crippen LogP contribution < -0.4 is 10.5 Å². The molecular weight excluding hydrogens is 278 g/mol. The lowest BCUT2D eigenvalue weighted by atomic mass is 9.82. The molecule has 7 heteroatoms. The molecule has 2 heterocycles. The monoisotopic (exact) mass is 297 g/mol. The maximum atomic E-state index is 10.3. The average Bonchev–Trinajstić information content (AvgIpc) is 2.49. The number of aliphatic hydroxyl groups excluding tert-OH is 3. The molecule has 2 aliphatic heterocycles. The van der Waals surface area contributed by atoms with Crippen LogP contribution in [0.1, 0.15) is 11.7 Å². The first-order chi connectivity index (χ1) is 10.1. The largest absolute Gasteiger partial charge is 0.464 e. The van der Waals surface area contributed by atoms with Crippen LogP contribution in [-0.2, 0) is 9.47 Å². The van der Waals surface area contributed by atoms with Crippen molar-refractivity contribution in [2.24, 2.45) is 5.92 Å². The van der Waals surface area contributed by atoms with Crippen molar-refractivity contribution in [3.63, 3.8) is 0 Å². The maximum absolute atomic E-state index is 10.3. The molecule has 6 atom stereocenters. The third-order valence-electron chi connectivity index (χ3n) is 4.12. The Balaban J connectivity index is 2.00. The minimum absolute atomic E-state index is 0.406. The van der Waals surface area contributed by atoms with Gasteiger partial charge in [-0.2, -0.15) is 0 Å². The highest BCUT2D eigenvalue weighted by Gasteiger charge is 2.52. The van der Waals surface area contributed by atoms with Crippen molar-refractivity contribution in [2.45, 2.75) is 30.7 Å². The highest BCUT2D eigenvalue weighted by atomic mass is 16.7. The Morgan fingerprint density at radius 1 is 1.29 bits per heavy atom. The molecule has 0 radical (unpaired) electrons. The molecule has 21 heavy (non-hydrogen) atoms. The average molecular weight is 297 g/mol. The van der Waals surface area contributed by atoms with Gasteiger partial charge in [-0.3, -0.25) is 0 Å². The number of fused-ring (bicyclic) bond motifs is 2. The third kappa shape index (κ3) is 2.27. The molecule has 0 saturated carbocycles. The lowest BCUT2D eigenvalue weighted by Gasteiger charge is -2.47. The molecule has 3 rings (SSSR count). The lowest BCUT2D eigenvalue weighted by Crippen LogP contribution is -2.60. The smallest absolute Gasteiger partial charge is 0.208 e. The number of ether oxygens (including phenoxy) is 3. The Hall–Kier alpha value is -1.38. The van der Waals surface area contributed by atoms with E-state index < -0.39 is 43.2 Å². The van der Waals surface area contributed by atoms with Crippen LogP contribution >= 0.6 is 0 Å². The zero-order chi connectivity index (χ0) is 15.1. The summed E-state index contributed by atoms with van der Waals surface area (Å²) in [4.78, 5) is 0. The van der Waals surface area contributed by atoms with Crippen LogP contribution in [0.15, 0.2) is 18.2 Å². The normalized spacial score (nSPS) is 38.3. The van der Waals surface area contributed by atoms with Gasteiger partial charge in [0.05, 0.1) is 24.7 Å². The van der Waals surface area contributed by atoms with Gasteiger partial charge in [0.15, 0.2) is 0 Å². The molecule has 1 aromatic rings. The van der Waals surface area contributed by atoms with E-state index in [2.05, 4.69) is 0 Å². The van der Waals surface area contributed by atoms with E-state index in [1.165, 1.54) is 7.11 Å². The number of nitrogens with two attached hydrogens (primary N) is 1. The van der Waals surface area contributed by atoms with E-state index >= 15 is 0 Å². The van der Waals surface area contributed by atoms with Crippen LogP contribution in [0.3, 0.4) is 0 Å². The van der Waals surface area contributed by atoms with Gasteiger partial charge in [-0.1, -0.05) is 0 Å². The first-order valence-electron chi connectivity index (χ1n) is 6.78. The van der Waals surface area contributed by atoms with E-state index in [-0.39, 0.29) is 0 Å². The zero-order valence-electron chi connectivity index (χ0n) is 11.5. The number of benzene rings is 1. The molecule has 116 valence electrons. The van der Waals surface area contributed by atoms with Crippen LogP contribution in [0.2, 0.25) is 0 Å². The van der Waals surface area contributed by atoms with Gasteiger partial charge in [0.1, 0.15) is 18.0 Å². The first-order valence-corrected chi connectivity index (χ1v) is 6.78. The topological polar surface area (TPSA) is 114 Å². The Bertz CT molecular complexity index is 524. The Morgan fingerprint density at radius 3 is 2.71 bits per heavy atom. The third-order valence-corrected chi connectivity index (χ3v) is 4.12. The standard InChI is InChI=1S/C14H19NO6/c1-19-13-7-4-6(15)2-3-8(7)20-14-10(13)12(18)11(17)9(5-16)21-14/h2-4,9-14,16-18H,5,15H2,1H3. The number of hydrogen-bond donors (Lipinski definition) is 4. The van der Waals surface area contributed by atoms with Gasteiger partial charge in [-0.25, -0.2) is 0 Å². The lowest BCUT2D eigenvalue weighted by molar-refractivity contribution is -0.285. The van der Waals surface area contributed by atoms with Crippen molar-refractivity contribution in [3.8, 4) is 5.75 Å². The van der Waals surface area contributed by atoms with E-state index in [9.17, 15) is 15.3 Å². The Morgan fingerprint density at radius 2 is 2.05 bits per heavy atom. The minimum atomic E-state index is -1.21. The second-order valence-electron chi connectivity index (χ2n) is 5.36. The molecule has 7 nitrogen and oxygen atoms in total. The number of anilines is 1. The number of methoxy groups -OCH3 is 1. The van der Waals surface area contributed by atoms with Gasteiger partial charge in [0.25, 0.3) is 0 Å². The van der Waals surface area contributed by atoms with Gasteiger partial charge in [0.2, 0.25) is 6.29 Å². The summed E-state index contributed by atoms with van der Waals surface area (Å²) < 4.78 is 16.8. The van der Waals surface area contributed by atoms with E-state index in [1.54, 1.807) is 18.2 Å². The molecule has 0 aromatic heterocycles. The van der Waals surface area contributed by atoms with Crippen LogP contribution in [0.5, 0.6) is 5.75 Å². The summed E-state index contributed by atoms with van der Waals surface area (Å²) in [5.74, 6) is -0.0559. The molecule has 0 aliphatic carbocycles. The predicted molar refractivity (Wildman–Crippen MR) is 72.5 cm³/mol. The van der Waals surface area contributed by atoms with E-state index in [0.29, 0.717) is 17.0 Å². The number of hydrogen-bond acceptors (Lipinski definition) is 7. The van der Waals surface area contributed by atoms with Crippen molar-refractivity contribution in [2.75, 3.05) is 19.5 Å². The summed E-state index contributed by atoms with van der Waals surface area (Å²) in [6.45, 7) is -0.406. The van der Waals surface area contributed by atoms with Crippen LogP contribution in [0, 0.1) is 5.92 Å². The van der Waals surface area contributed by atoms with Crippen LogP contribution in [-0.4, -0.2) is 53.6 Å². The SMILES string of the molecule is COC1c2cc(N)ccc2OC2OC(CO)C(O)C(O)C21. The second kappa shape index (κ2) is 5.43. The molecule has 5 N–H and O–H groups in total. The Labute approximate surface area is 121 Å². The van der Waals surface area contributed by atoms with Crippen molar-refractivity contribution < 1.29 is 29.5 Å². The fourth-order valence-electron chi connectivity index (χ4n) is 3.04. The molecular formula is C14H19NO6. The molecule has 0 amide bonds. The van der Waals surface area contributed by atoms with Gasteiger partial charge in [-0.15, -0.1) is 0 Å². The highest BCUT2D eigenvalue weighted by Crippen LogP contribution is 2.46. The molecule has 2 aliphatic rings. The highest BCUT2D eigenvalue weighted by molar-refractivity contribution is 5.50. The van der Waals surface area contributed by atoms with E-state index in [4.69, 9.17) is 19.9 Å². The fraction of sp³-hybridized carbons (Fsp3) is 0.571.